The second-order valence-corrected chi connectivity index (χ2v) is 4.72. The van der Waals surface area contributed by atoms with Gasteiger partial charge in [0.15, 0.2) is 0 Å². The smallest absolute Gasteiger partial charge is 0.131 e. The van der Waals surface area contributed by atoms with Gasteiger partial charge in [0.2, 0.25) is 0 Å². The molecule has 4 nitrogen and oxygen atoms in total. The minimum absolute atomic E-state index is 0.884. The van der Waals surface area contributed by atoms with Gasteiger partial charge in [-0.3, -0.25) is 0 Å². The molecule has 0 aromatic carbocycles. The largest absolute Gasteiger partial charge is 0.370 e. The van der Waals surface area contributed by atoms with Crippen LogP contribution >= 0.6 is 0 Å². The number of aromatic nitrogens is 2. The molecule has 1 saturated carbocycles. The van der Waals surface area contributed by atoms with E-state index < -0.39 is 0 Å². The van der Waals surface area contributed by atoms with Crippen LogP contribution in [0, 0.1) is 5.92 Å². The van der Waals surface area contributed by atoms with E-state index >= 15 is 0 Å². The summed E-state index contributed by atoms with van der Waals surface area (Å²) >= 11 is 0. The standard InChI is InChI=1S/C13H22N4/c1-14-8-6-12-16-10-7-13(17-12)15-9-5-11-3-2-4-11/h7,10-11,14H,2-6,8-9H2,1H3,(H,15,16,17). The molecule has 1 heterocycles. The van der Waals surface area contributed by atoms with E-state index in [0.717, 1.165) is 37.1 Å². The third-order valence-electron chi connectivity index (χ3n) is 3.39. The lowest BCUT2D eigenvalue weighted by Crippen LogP contribution is -2.16. The Labute approximate surface area is 103 Å². The second kappa shape index (κ2) is 6.55. The average Bonchev–Trinajstić information content (AvgIpc) is 2.30. The molecule has 0 saturated heterocycles. The van der Waals surface area contributed by atoms with E-state index in [1.807, 2.05) is 19.3 Å². The van der Waals surface area contributed by atoms with Crippen LogP contribution in [0.1, 0.15) is 31.5 Å². The molecule has 2 rings (SSSR count). The molecule has 4 heteroatoms. The summed E-state index contributed by atoms with van der Waals surface area (Å²) in [5.41, 5.74) is 0. The predicted octanol–water partition coefficient (Wildman–Crippen LogP) is 1.84. The van der Waals surface area contributed by atoms with E-state index in [9.17, 15) is 0 Å². The zero-order chi connectivity index (χ0) is 11.9. The Morgan fingerprint density at radius 3 is 2.94 bits per heavy atom. The van der Waals surface area contributed by atoms with Crippen molar-refractivity contribution in [2.24, 2.45) is 5.92 Å². The Bertz CT molecular complexity index is 336. The van der Waals surface area contributed by atoms with Gasteiger partial charge in [0.1, 0.15) is 11.6 Å². The first kappa shape index (κ1) is 12.3. The minimum Gasteiger partial charge on any atom is -0.370 e. The van der Waals surface area contributed by atoms with Crippen molar-refractivity contribution < 1.29 is 0 Å². The van der Waals surface area contributed by atoms with Crippen LogP contribution in [0.5, 0.6) is 0 Å². The number of hydrogen-bond acceptors (Lipinski definition) is 4. The number of rotatable bonds is 7. The Balaban J connectivity index is 1.74. The molecule has 1 aliphatic carbocycles. The van der Waals surface area contributed by atoms with Gasteiger partial charge in [0.05, 0.1) is 0 Å². The summed E-state index contributed by atoms with van der Waals surface area (Å²) in [6, 6.07) is 1.95. The summed E-state index contributed by atoms with van der Waals surface area (Å²) in [7, 11) is 1.95. The molecule has 17 heavy (non-hydrogen) atoms. The third kappa shape index (κ3) is 3.97. The van der Waals surface area contributed by atoms with E-state index in [4.69, 9.17) is 0 Å². The lowest BCUT2D eigenvalue weighted by atomic mass is 9.83. The zero-order valence-electron chi connectivity index (χ0n) is 10.6. The molecule has 0 amide bonds. The van der Waals surface area contributed by atoms with Crippen molar-refractivity contribution in [2.75, 3.05) is 25.5 Å². The van der Waals surface area contributed by atoms with E-state index in [0.29, 0.717) is 0 Å². The minimum atomic E-state index is 0.884. The third-order valence-corrected chi connectivity index (χ3v) is 3.39. The van der Waals surface area contributed by atoms with Crippen molar-refractivity contribution >= 4 is 5.82 Å². The molecule has 1 aliphatic rings. The van der Waals surface area contributed by atoms with Gasteiger partial charge < -0.3 is 10.6 Å². The topological polar surface area (TPSA) is 49.8 Å². The molecule has 1 aromatic rings. The van der Waals surface area contributed by atoms with Crippen molar-refractivity contribution in [3.63, 3.8) is 0 Å². The zero-order valence-corrected chi connectivity index (χ0v) is 10.6. The van der Waals surface area contributed by atoms with Crippen LogP contribution in [0.3, 0.4) is 0 Å². The van der Waals surface area contributed by atoms with E-state index in [2.05, 4.69) is 20.6 Å². The maximum absolute atomic E-state index is 4.49. The van der Waals surface area contributed by atoms with Gasteiger partial charge in [-0.2, -0.15) is 0 Å². The highest BCUT2D eigenvalue weighted by Gasteiger charge is 2.16. The first-order valence-corrected chi connectivity index (χ1v) is 6.59. The summed E-state index contributed by atoms with van der Waals surface area (Å²) in [6.07, 6.45) is 8.25. The monoisotopic (exact) mass is 234 g/mol. The molecule has 0 atom stereocenters. The Hall–Kier alpha value is -1.16. The van der Waals surface area contributed by atoms with Crippen molar-refractivity contribution in [2.45, 2.75) is 32.1 Å². The second-order valence-electron chi connectivity index (χ2n) is 4.72. The number of nitrogens with one attached hydrogen (secondary N) is 2. The molecule has 0 unspecified atom stereocenters. The Kier molecular flexibility index (Phi) is 4.74. The summed E-state index contributed by atoms with van der Waals surface area (Å²) in [4.78, 5) is 8.75. The number of nitrogens with zero attached hydrogens (tertiary/aromatic N) is 2. The maximum atomic E-state index is 4.49. The van der Waals surface area contributed by atoms with Crippen molar-refractivity contribution in [3.8, 4) is 0 Å². The van der Waals surface area contributed by atoms with Crippen LogP contribution in [0.25, 0.3) is 0 Å². The average molecular weight is 234 g/mol. The maximum Gasteiger partial charge on any atom is 0.131 e. The molecule has 1 aromatic heterocycles. The molecule has 0 bridgehead atoms. The summed E-state index contributed by atoms with van der Waals surface area (Å²) in [5, 5.41) is 6.50. The van der Waals surface area contributed by atoms with Crippen LogP contribution < -0.4 is 10.6 Å². The van der Waals surface area contributed by atoms with Gasteiger partial charge in [-0.1, -0.05) is 19.3 Å². The highest BCUT2D eigenvalue weighted by Crippen LogP contribution is 2.28. The first-order chi connectivity index (χ1) is 8.38. The van der Waals surface area contributed by atoms with Gasteiger partial charge in [-0.25, -0.2) is 9.97 Å². The van der Waals surface area contributed by atoms with E-state index in [-0.39, 0.29) is 0 Å². The van der Waals surface area contributed by atoms with Crippen LogP contribution in [-0.2, 0) is 6.42 Å². The molecular weight excluding hydrogens is 212 g/mol. The summed E-state index contributed by atoms with van der Waals surface area (Å²) < 4.78 is 0. The molecule has 94 valence electrons. The van der Waals surface area contributed by atoms with Gasteiger partial charge in [-0.15, -0.1) is 0 Å². The fourth-order valence-corrected chi connectivity index (χ4v) is 2.04. The summed E-state index contributed by atoms with van der Waals surface area (Å²) in [5.74, 6) is 2.83. The van der Waals surface area contributed by atoms with Gasteiger partial charge in [-0.05, 0) is 25.5 Å². The lowest BCUT2D eigenvalue weighted by molar-refractivity contribution is 0.303. The Morgan fingerprint density at radius 1 is 1.35 bits per heavy atom. The molecular formula is C13H22N4. The van der Waals surface area contributed by atoms with Gasteiger partial charge in [0.25, 0.3) is 0 Å². The SMILES string of the molecule is CNCCc1nccc(NCCC2CCC2)n1. The molecule has 2 N–H and O–H groups in total. The summed E-state index contributed by atoms with van der Waals surface area (Å²) in [6.45, 7) is 1.96. The predicted molar refractivity (Wildman–Crippen MR) is 70.1 cm³/mol. The van der Waals surface area contributed by atoms with Crippen LogP contribution in [0.4, 0.5) is 5.82 Å². The fraction of sp³-hybridized carbons (Fsp3) is 0.692. The molecule has 0 radical (unpaired) electrons. The van der Waals surface area contributed by atoms with Crippen LogP contribution in [0.15, 0.2) is 12.3 Å². The highest BCUT2D eigenvalue weighted by molar-refractivity contribution is 5.32. The van der Waals surface area contributed by atoms with Gasteiger partial charge >= 0.3 is 0 Å². The Morgan fingerprint density at radius 2 is 2.24 bits per heavy atom. The highest BCUT2D eigenvalue weighted by atomic mass is 15.0. The van der Waals surface area contributed by atoms with Crippen molar-refractivity contribution in [3.05, 3.63) is 18.1 Å². The van der Waals surface area contributed by atoms with E-state index in [1.54, 1.807) is 0 Å². The lowest BCUT2D eigenvalue weighted by Gasteiger charge is -2.25. The van der Waals surface area contributed by atoms with Crippen molar-refractivity contribution in [1.29, 1.82) is 0 Å². The number of hydrogen-bond donors (Lipinski definition) is 2. The molecule has 0 spiro atoms. The first-order valence-electron chi connectivity index (χ1n) is 6.59. The quantitative estimate of drug-likeness (QED) is 0.756. The number of likely N-dealkylation sites (N-methyl/N-ethyl adjacent to an activating group) is 1. The number of anilines is 1. The van der Waals surface area contributed by atoms with Crippen LogP contribution in [0.2, 0.25) is 0 Å². The van der Waals surface area contributed by atoms with E-state index in [1.165, 1.54) is 25.7 Å². The molecule has 1 fully saturated rings. The normalized spacial score (nSPS) is 15.6. The fourth-order valence-electron chi connectivity index (χ4n) is 2.04. The molecule has 0 aliphatic heterocycles. The van der Waals surface area contributed by atoms with Gasteiger partial charge in [0, 0.05) is 25.7 Å². The van der Waals surface area contributed by atoms with Crippen molar-refractivity contribution in [1.82, 2.24) is 15.3 Å². The van der Waals surface area contributed by atoms with Crippen LogP contribution in [-0.4, -0.2) is 30.1 Å².